The molecule has 1 rings (SSSR count). The van der Waals surface area contributed by atoms with Crippen molar-refractivity contribution in [2.75, 3.05) is 18.4 Å². The van der Waals surface area contributed by atoms with E-state index in [4.69, 9.17) is 5.73 Å². The summed E-state index contributed by atoms with van der Waals surface area (Å²) in [6.45, 7) is 1.04. The average molecular weight is 218 g/mol. The number of hydrogen-bond donors (Lipinski definition) is 2. The summed E-state index contributed by atoms with van der Waals surface area (Å²) in [5, 5.41) is 2.68. The van der Waals surface area contributed by atoms with Crippen LogP contribution in [0, 0.1) is 17.5 Å². The molecule has 1 aromatic carbocycles. The molecule has 0 amide bonds. The highest BCUT2D eigenvalue weighted by molar-refractivity contribution is 5.45. The topological polar surface area (TPSA) is 38.0 Å². The normalized spacial score (nSPS) is 10.4. The first-order chi connectivity index (χ1) is 7.16. The molecule has 0 aliphatic heterocycles. The van der Waals surface area contributed by atoms with Gasteiger partial charge in [0.25, 0.3) is 0 Å². The van der Waals surface area contributed by atoms with E-state index in [2.05, 4.69) is 5.32 Å². The summed E-state index contributed by atoms with van der Waals surface area (Å²) < 4.78 is 38.4. The molecule has 84 valence electrons. The van der Waals surface area contributed by atoms with Gasteiger partial charge in [-0.05, 0) is 31.5 Å². The third-order valence-electron chi connectivity index (χ3n) is 1.98. The van der Waals surface area contributed by atoms with Crippen LogP contribution in [0.25, 0.3) is 0 Å². The predicted octanol–water partition coefficient (Wildman–Crippen LogP) is 2.25. The van der Waals surface area contributed by atoms with Gasteiger partial charge in [-0.3, -0.25) is 0 Å². The van der Waals surface area contributed by atoms with E-state index < -0.39 is 17.5 Å². The lowest BCUT2D eigenvalue weighted by Gasteiger charge is -2.07. The number of nitrogens with two attached hydrogens (primary N) is 1. The van der Waals surface area contributed by atoms with Crippen molar-refractivity contribution in [3.63, 3.8) is 0 Å². The molecule has 1 aromatic rings. The van der Waals surface area contributed by atoms with E-state index >= 15 is 0 Å². The van der Waals surface area contributed by atoms with Crippen molar-refractivity contribution in [2.24, 2.45) is 5.73 Å². The Morgan fingerprint density at radius 1 is 1.07 bits per heavy atom. The standard InChI is InChI=1S/C10H13F3N2/c11-7-3-4-8(10(13)9(7)12)15-6-2-1-5-14/h3-4,15H,1-2,5-6,14H2. The highest BCUT2D eigenvalue weighted by Crippen LogP contribution is 2.19. The molecule has 2 nitrogen and oxygen atoms in total. The van der Waals surface area contributed by atoms with Crippen LogP contribution >= 0.6 is 0 Å². The zero-order chi connectivity index (χ0) is 11.3. The van der Waals surface area contributed by atoms with E-state index in [1.54, 1.807) is 0 Å². The molecule has 0 spiro atoms. The first kappa shape index (κ1) is 11.8. The quantitative estimate of drug-likeness (QED) is 0.587. The molecular formula is C10H13F3N2. The lowest BCUT2D eigenvalue weighted by atomic mass is 10.2. The molecule has 5 heteroatoms. The zero-order valence-electron chi connectivity index (χ0n) is 8.19. The van der Waals surface area contributed by atoms with Gasteiger partial charge in [0.2, 0.25) is 0 Å². The monoisotopic (exact) mass is 218 g/mol. The second-order valence-electron chi connectivity index (χ2n) is 3.15. The minimum atomic E-state index is -1.45. The van der Waals surface area contributed by atoms with Crippen LogP contribution in [0.4, 0.5) is 18.9 Å². The Hall–Kier alpha value is -1.23. The van der Waals surface area contributed by atoms with Crippen molar-refractivity contribution in [2.45, 2.75) is 12.8 Å². The lowest BCUT2D eigenvalue weighted by Crippen LogP contribution is -2.07. The molecule has 0 unspecified atom stereocenters. The molecule has 0 bridgehead atoms. The van der Waals surface area contributed by atoms with Gasteiger partial charge < -0.3 is 11.1 Å². The van der Waals surface area contributed by atoms with E-state index in [0.29, 0.717) is 13.1 Å². The molecule has 0 aliphatic rings. The van der Waals surface area contributed by atoms with Crippen LogP contribution in [0.2, 0.25) is 0 Å². The van der Waals surface area contributed by atoms with Gasteiger partial charge in [0.15, 0.2) is 17.5 Å². The van der Waals surface area contributed by atoms with Gasteiger partial charge in [-0.25, -0.2) is 13.2 Å². The zero-order valence-corrected chi connectivity index (χ0v) is 8.19. The number of unbranched alkanes of at least 4 members (excludes halogenated alkanes) is 1. The van der Waals surface area contributed by atoms with Gasteiger partial charge in [-0.15, -0.1) is 0 Å². The number of benzene rings is 1. The Kier molecular flexibility index (Phi) is 4.42. The van der Waals surface area contributed by atoms with Crippen molar-refractivity contribution >= 4 is 5.69 Å². The highest BCUT2D eigenvalue weighted by Gasteiger charge is 2.12. The molecule has 0 heterocycles. The summed E-state index contributed by atoms with van der Waals surface area (Å²) >= 11 is 0. The van der Waals surface area contributed by atoms with Crippen LogP contribution in [0.3, 0.4) is 0 Å². The fourth-order valence-corrected chi connectivity index (χ4v) is 1.15. The van der Waals surface area contributed by atoms with Gasteiger partial charge in [0, 0.05) is 6.54 Å². The summed E-state index contributed by atoms with van der Waals surface area (Å²) in [5.74, 6) is -3.80. The number of anilines is 1. The first-order valence-electron chi connectivity index (χ1n) is 4.74. The Balaban J connectivity index is 2.58. The van der Waals surface area contributed by atoms with Crippen molar-refractivity contribution < 1.29 is 13.2 Å². The second kappa shape index (κ2) is 5.60. The van der Waals surface area contributed by atoms with E-state index in [9.17, 15) is 13.2 Å². The fraction of sp³-hybridized carbons (Fsp3) is 0.400. The Morgan fingerprint density at radius 3 is 2.47 bits per heavy atom. The van der Waals surface area contributed by atoms with Crippen LogP contribution in [0.1, 0.15) is 12.8 Å². The third kappa shape index (κ3) is 3.13. The van der Waals surface area contributed by atoms with Gasteiger partial charge in [0.05, 0.1) is 5.69 Å². The Bertz CT molecular complexity index is 329. The van der Waals surface area contributed by atoms with Crippen molar-refractivity contribution in [3.05, 3.63) is 29.6 Å². The molecule has 0 aliphatic carbocycles. The number of hydrogen-bond acceptors (Lipinski definition) is 2. The van der Waals surface area contributed by atoms with E-state index in [1.165, 1.54) is 6.07 Å². The second-order valence-corrected chi connectivity index (χ2v) is 3.15. The smallest absolute Gasteiger partial charge is 0.196 e. The number of nitrogens with one attached hydrogen (secondary N) is 1. The maximum absolute atomic E-state index is 13.1. The molecule has 0 aromatic heterocycles. The van der Waals surface area contributed by atoms with Crippen LogP contribution in [0.5, 0.6) is 0 Å². The molecule has 3 N–H and O–H groups in total. The molecule has 15 heavy (non-hydrogen) atoms. The summed E-state index contributed by atoms with van der Waals surface area (Å²) in [5.41, 5.74) is 5.25. The van der Waals surface area contributed by atoms with Crippen LogP contribution < -0.4 is 11.1 Å². The third-order valence-corrected chi connectivity index (χ3v) is 1.98. The van der Waals surface area contributed by atoms with Gasteiger partial charge in [-0.2, -0.15) is 0 Å². The summed E-state index contributed by atoms with van der Waals surface area (Å²) in [6, 6.07) is 2.07. The summed E-state index contributed by atoms with van der Waals surface area (Å²) in [4.78, 5) is 0. The van der Waals surface area contributed by atoms with Crippen LogP contribution in [0.15, 0.2) is 12.1 Å². The average Bonchev–Trinajstić information content (AvgIpc) is 2.24. The highest BCUT2D eigenvalue weighted by atomic mass is 19.2. The lowest BCUT2D eigenvalue weighted by molar-refractivity contribution is 0.449. The Morgan fingerprint density at radius 2 is 1.80 bits per heavy atom. The number of halogens is 3. The maximum Gasteiger partial charge on any atom is 0.196 e. The predicted molar refractivity (Wildman–Crippen MR) is 53.1 cm³/mol. The van der Waals surface area contributed by atoms with Gasteiger partial charge in [-0.1, -0.05) is 0 Å². The molecular weight excluding hydrogens is 205 g/mol. The molecule has 0 saturated carbocycles. The summed E-state index contributed by atoms with van der Waals surface area (Å²) in [7, 11) is 0. The van der Waals surface area contributed by atoms with Gasteiger partial charge >= 0.3 is 0 Å². The first-order valence-corrected chi connectivity index (χ1v) is 4.74. The molecule has 0 radical (unpaired) electrons. The molecule has 0 atom stereocenters. The number of rotatable bonds is 5. The van der Waals surface area contributed by atoms with E-state index in [-0.39, 0.29) is 5.69 Å². The van der Waals surface area contributed by atoms with E-state index in [0.717, 1.165) is 18.9 Å². The maximum atomic E-state index is 13.1. The molecule has 0 fully saturated rings. The van der Waals surface area contributed by atoms with Crippen molar-refractivity contribution in [1.82, 2.24) is 0 Å². The minimum Gasteiger partial charge on any atom is -0.383 e. The van der Waals surface area contributed by atoms with Crippen LogP contribution in [-0.2, 0) is 0 Å². The summed E-state index contributed by atoms with van der Waals surface area (Å²) in [6.07, 6.45) is 1.56. The Labute approximate surface area is 86.3 Å². The molecule has 0 saturated heterocycles. The minimum absolute atomic E-state index is 0.0223. The fourth-order valence-electron chi connectivity index (χ4n) is 1.15. The van der Waals surface area contributed by atoms with Gasteiger partial charge in [0.1, 0.15) is 0 Å². The largest absolute Gasteiger partial charge is 0.383 e. The van der Waals surface area contributed by atoms with Crippen LogP contribution in [-0.4, -0.2) is 13.1 Å². The van der Waals surface area contributed by atoms with Crippen molar-refractivity contribution in [3.8, 4) is 0 Å². The van der Waals surface area contributed by atoms with E-state index in [1.807, 2.05) is 0 Å². The SMILES string of the molecule is NCCCCNc1ccc(F)c(F)c1F. The van der Waals surface area contributed by atoms with Crippen molar-refractivity contribution in [1.29, 1.82) is 0 Å².